The van der Waals surface area contributed by atoms with Gasteiger partial charge in [0.25, 0.3) is 0 Å². The Hall–Kier alpha value is -3.19. The minimum atomic E-state index is -0.963. The highest BCUT2D eigenvalue weighted by Crippen LogP contribution is 2.33. The van der Waals surface area contributed by atoms with Crippen LogP contribution in [-0.2, 0) is 11.2 Å². The molecular formula is C28H34N2O5. The van der Waals surface area contributed by atoms with Gasteiger partial charge in [0, 0.05) is 31.1 Å². The highest BCUT2D eigenvalue weighted by Gasteiger charge is 2.24. The van der Waals surface area contributed by atoms with Gasteiger partial charge in [-0.25, -0.2) is 4.98 Å². The molecule has 0 spiro atoms. The molecule has 1 N–H and O–H groups in total. The van der Waals surface area contributed by atoms with E-state index in [-0.39, 0.29) is 11.7 Å². The van der Waals surface area contributed by atoms with E-state index in [1.165, 1.54) is 0 Å². The van der Waals surface area contributed by atoms with Crippen LogP contribution in [0.3, 0.4) is 0 Å². The summed E-state index contributed by atoms with van der Waals surface area (Å²) in [4.78, 5) is 17.7. The molecule has 0 radical (unpaired) electrons. The topological polar surface area (TPSA) is 102 Å². The van der Waals surface area contributed by atoms with E-state index < -0.39 is 6.10 Å². The Balaban J connectivity index is 1.50. The number of benzene rings is 1. The lowest BCUT2D eigenvalue weighted by Gasteiger charge is -2.16. The summed E-state index contributed by atoms with van der Waals surface area (Å²) in [7, 11) is 0. The van der Waals surface area contributed by atoms with Crippen molar-refractivity contribution in [2.24, 2.45) is 5.92 Å². The molecule has 3 aromatic heterocycles. The fraction of sp³-hybridized carbons (Fsp3) is 0.464. The predicted molar refractivity (Wildman–Crippen MR) is 132 cm³/mol. The van der Waals surface area contributed by atoms with Crippen molar-refractivity contribution in [3.63, 3.8) is 0 Å². The molecule has 2 unspecified atom stereocenters. The van der Waals surface area contributed by atoms with Gasteiger partial charge in [-0.05, 0) is 56.9 Å². The van der Waals surface area contributed by atoms with Gasteiger partial charge in [0.05, 0.1) is 17.0 Å². The number of aliphatic hydroxyl groups excluding tert-OH is 1. The molecule has 7 nitrogen and oxygen atoms in total. The molecule has 35 heavy (non-hydrogen) atoms. The van der Waals surface area contributed by atoms with Crippen molar-refractivity contribution in [2.75, 3.05) is 0 Å². The Labute approximate surface area is 205 Å². The van der Waals surface area contributed by atoms with Crippen molar-refractivity contribution in [3.05, 3.63) is 70.0 Å². The standard InChI is InChI=1S/C28H34N2O5/c1-15(2)7-9-21(27-18(5)33-19(6)29-27)13-23(31)12-20-8-10-24-22(11-20)14-25(34-24)28(32)26-16(3)30-35-17(26)4/h8,10-11,14-15,21,28,32H,7,9,12-13H2,1-6H3. The molecule has 0 aliphatic heterocycles. The average molecular weight is 479 g/mol. The van der Waals surface area contributed by atoms with Gasteiger partial charge < -0.3 is 18.5 Å². The maximum absolute atomic E-state index is 13.1. The van der Waals surface area contributed by atoms with Crippen molar-refractivity contribution in [2.45, 2.75) is 79.2 Å². The highest BCUT2D eigenvalue weighted by molar-refractivity contribution is 5.84. The molecule has 1 aromatic carbocycles. The van der Waals surface area contributed by atoms with E-state index in [2.05, 4.69) is 24.0 Å². The molecule has 0 amide bonds. The van der Waals surface area contributed by atoms with E-state index in [9.17, 15) is 9.90 Å². The maximum atomic E-state index is 13.1. The van der Waals surface area contributed by atoms with Gasteiger partial charge >= 0.3 is 0 Å². The number of hydrogen-bond acceptors (Lipinski definition) is 7. The zero-order valence-corrected chi connectivity index (χ0v) is 21.3. The normalized spacial score (nSPS) is 13.6. The number of aryl methyl sites for hydroxylation is 4. The van der Waals surface area contributed by atoms with Crippen LogP contribution >= 0.6 is 0 Å². The first-order valence-electron chi connectivity index (χ1n) is 12.2. The Morgan fingerprint density at radius 1 is 1.03 bits per heavy atom. The van der Waals surface area contributed by atoms with Crippen LogP contribution in [0.4, 0.5) is 0 Å². The van der Waals surface area contributed by atoms with Crippen LogP contribution in [0.25, 0.3) is 11.0 Å². The second kappa shape index (κ2) is 10.2. The van der Waals surface area contributed by atoms with Crippen molar-refractivity contribution < 1.29 is 23.3 Å². The smallest absolute Gasteiger partial charge is 0.191 e. The SMILES string of the molecule is Cc1nc(C(CCC(C)C)CC(=O)Cc2ccc3oc(C(O)c4c(C)noc4C)cc3c2)c(C)o1. The molecule has 0 aliphatic carbocycles. The summed E-state index contributed by atoms with van der Waals surface area (Å²) in [5.74, 6) is 3.19. The molecule has 0 fully saturated rings. The van der Waals surface area contributed by atoms with Gasteiger partial charge in [-0.2, -0.15) is 0 Å². The molecule has 2 atom stereocenters. The van der Waals surface area contributed by atoms with E-state index in [4.69, 9.17) is 13.4 Å². The summed E-state index contributed by atoms with van der Waals surface area (Å²) >= 11 is 0. The molecule has 0 bridgehead atoms. The first-order valence-corrected chi connectivity index (χ1v) is 12.2. The van der Waals surface area contributed by atoms with Gasteiger partial charge in [-0.15, -0.1) is 0 Å². The number of aromatic nitrogens is 2. The first-order chi connectivity index (χ1) is 16.6. The summed E-state index contributed by atoms with van der Waals surface area (Å²) in [6.45, 7) is 11.7. The summed E-state index contributed by atoms with van der Waals surface area (Å²) in [6, 6.07) is 7.52. The van der Waals surface area contributed by atoms with Gasteiger partial charge in [0.15, 0.2) is 5.89 Å². The number of oxazole rings is 1. The van der Waals surface area contributed by atoms with E-state index in [1.807, 2.05) is 38.1 Å². The zero-order chi connectivity index (χ0) is 25.3. The second-order valence-corrected chi connectivity index (χ2v) is 9.92. The van der Waals surface area contributed by atoms with Crippen LogP contribution in [-0.4, -0.2) is 21.0 Å². The van der Waals surface area contributed by atoms with Crippen molar-refractivity contribution in [3.8, 4) is 0 Å². The third-order valence-corrected chi connectivity index (χ3v) is 6.53. The number of aliphatic hydroxyl groups is 1. The Bertz CT molecular complexity index is 1310. The predicted octanol–water partition coefficient (Wildman–Crippen LogP) is 6.45. The molecule has 0 aliphatic rings. The van der Waals surface area contributed by atoms with E-state index >= 15 is 0 Å². The Kier molecular flexibility index (Phi) is 7.26. The molecule has 0 saturated heterocycles. The Morgan fingerprint density at radius 2 is 1.80 bits per heavy atom. The second-order valence-electron chi connectivity index (χ2n) is 9.92. The number of Topliss-reactive ketones (excluding diaryl/α,β-unsaturated/α-hetero) is 1. The molecule has 7 heteroatoms. The number of hydrogen-bond donors (Lipinski definition) is 1. The molecule has 0 saturated carbocycles. The third kappa shape index (κ3) is 5.56. The van der Waals surface area contributed by atoms with Crippen LogP contribution in [0.5, 0.6) is 0 Å². The summed E-state index contributed by atoms with van der Waals surface area (Å²) in [6.07, 6.45) is 1.73. The highest BCUT2D eigenvalue weighted by atomic mass is 16.5. The lowest BCUT2D eigenvalue weighted by molar-refractivity contribution is -0.118. The summed E-state index contributed by atoms with van der Waals surface area (Å²) in [5, 5.41) is 15.6. The van der Waals surface area contributed by atoms with Gasteiger partial charge in [0.1, 0.15) is 34.8 Å². The molecule has 3 heterocycles. The Morgan fingerprint density at radius 3 is 2.43 bits per heavy atom. The number of carbonyl (C=O) groups is 1. The van der Waals surface area contributed by atoms with Crippen molar-refractivity contribution in [1.82, 2.24) is 10.1 Å². The number of fused-ring (bicyclic) bond motifs is 1. The van der Waals surface area contributed by atoms with Crippen LogP contribution in [0.2, 0.25) is 0 Å². The fourth-order valence-electron chi connectivity index (χ4n) is 4.75. The number of nitrogens with zero attached hydrogens (tertiary/aromatic N) is 2. The number of rotatable bonds is 10. The molecule has 4 aromatic rings. The maximum Gasteiger partial charge on any atom is 0.191 e. The number of furan rings is 1. The van der Waals surface area contributed by atoms with Gasteiger partial charge in [-0.3, -0.25) is 4.79 Å². The first kappa shape index (κ1) is 24.9. The summed E-state index contributed by atoms with van der Waals surface area (Å²) in [5.41, 5.74) is 3.72. The van der Waals surface area contributed by atoms with Gasteiger partial charge in [0.2, 0.25) is 0 Å². The lowest BCUT2D eigenvalue weighted by atomic mass is 9.88. The van der Waals surface area contributed by atoms with Crippen molar-refractivity contribution >= 4 is 16.8 Å². The fourth-order valence-corrected chi connectivity index (χ4v) is 4.75. The van der Waals surface area contributed by atoms with Crippen LogP contribution in [0, 0.1) is 33.6 Å². The average Bonchev–Trinajstić information content (AvgIpc) is 3.46. The van der Waals surface area contributed by atoms with Crippen LogP contribution in [0.1, 0.15) is 90.8 Å². The zero-order valence-electron chi connectivity index (χ0n) is 21.3. The number of carbonyl (C=O) groups excluding carboxylic acids is 1. The van der Waals surface area contributed by atoms with E-state index in [1.54, 1.807) is 13.8 Å². The quantitative estimate of drug-likeness (QED) is 0.279. The summed E-state index contributed by atoms with van der Waals surface area (Å²) < 4.78 is 16.7. The number of ketones is 1. The van der Waals surface area contributed by atoms with E-state index in [0.717, 1.165) is 35.2 Å². The molecular weight excluding hydrogens is 444 g/mol. The largest absolute Gasteiger partial charge is 0.458 e. The van der Waals surface area contributed by atoms with Gasteiger partial charge in [-0.1, -0.05) is 31.5 Å². The lowest BCUT2D eigenvalue weighted by Crippen LogP contribution is -2.12. The van der Waals surface area contributed by atoms with Crippen LogP contribution in [0.15, 0.2) is 37.6 Å². The van der Waals surface area contributed by atoms with Crippen molar-refractivity contribution in [1.29, 1.82) is 0 Å². The molecule has 4 rings (SSSR count). The molecule has 186 valence electrons. The van der Waals surface area contributed by atoms with Crippen LogP contribution < -0.4 is 0 Å². The van der Waals surface area contributed by atoms with E-state index in [0.29, 0.717) is 53.0 Å². The monoisotopic (exact) mass is 478 g/mol. The minimum Gasteiger partial charge on any atom is -0.458 e. The minimum absolute atomic E-state index is 0.0526. The third-order valence-electron chi connectivity index (χ3n) is 6.53.